The van der Waals surface area contributed by atoms with Gasteiger partial charge in [-0.15, -0.1) is 0 Å². The number of halogens is 3. The molecule has 1 aromatic carbocycles. The Morgan fingerprint density at radius 1 is 1.32 bits per heavy atom. The lowest BCUT2D eigenvalue weighted by Crippen LogP contribution is -2.56. The standard InChI is InChI=1S/C17H21BrClFN2O3/c1-10-9-21(5-6-22(10)16(24)25-17(2,3)4)15(23)11-7-14(20)12(18)8-13(11)19/h7-8,10H,5-6,9H2,1-4H3/t10-/m0/s1. The van der Waals surface area contributed by atoms with Crippen LogP contribution in [-0.2, 0) is 4.74 Å². The average Bonchev–Trinajstić information content (AvgIpc) is 2.48. The molecule has 1 atom stereocenters. The summed E-state index contributed by atoms with van der Waals surface area (Å²) in [7, 11) is 0. The highest BCUT2D eigenvalue weighted by molar-refractivity contribution is 9.10. The van der Waals surface area contributed by atoms with Crippen molar-refractivity contribution in [1.29, 1.82) is 0 Å². The van der Waals surface area contributed by atoms with Gasteiger partial charge in [0.15, 0.2) is 0 Å². The van der Waals surface area contributed by atoms with Crippen LogP contribution in [-0.4, -0.2) is 53.1 Å². The van der Waals surface area contributed by atoms with E-state index in [1.54, 1.807) is 30.6 Å². The summed E-state index contributed by atoms with van der Waals surface area (Å²) in [6, 6.07) is 2.27. The van der Waals surface area contributed by atoms with Crippen molar-refractivity contribution in [2.75, 3.05) is 19.6 Å². The highest BCUT2D eigenvalue weighted by Crippen LogP contribution is 2.26. The third-order valence-corrected chi connectivity index (χ3v) is 4.70. The molecule has 138 valence electrons. The molecule has 8 heteroatoms. The molecule has 0 spiro atoms. The molecule has 0 radical (unpaired) electrons. The number of nitrogens with zero attached hydrogens (tertiary/aromatic N) is 2. The second kappa shape index (κ2) is 7.50. The van der Waals surface area contributed by atoms with E-state index in [1.807, 2.05) is 6.92 Å². The topological polar surface area (TPSA) is 49.9 Å². The van der Waals surface area contributed by atoms with Crippen molar-refractivity contribution in [2.24, 2.45) is 0 Å². The van der Waals surface area contributed by atoms with Gasteiger partial charge in [-0.2, -0.15) is 0 Å². The summed E-state index contributed by atoms with van der Waals surface area (Å²) < 4.78 is 19.3. The van der Waals surface area contributed by atoms with Gasteiger partial charge in [-0.05, 0) is 55.8 Å². The predicted octanol–water partition coefficient (Wildman–Crippen LogP) is 4.32. The van der Waals surface area contributed by atoms with Crippen LogP contribution in [0.1, 0.15) is 38.1 Å². The van der Waals surface area contributed by atoms with Gasteiger partial charge >= 0.3 is 6.09 Å². The zero-order chi connectivity index (χ0) is 18.9. The molecule has 1 aliphatic rings. The third-order valence-electron chi connectivity index (χ3n) is 3.78. The van der Waals surface area contributed by atoms with E-state index in [4.69, 9.17) is 16.3 Å². The molecular weight excluding hydrogens is 415 g/mol. The maximum absolute atomic E-state index is 13.7. The first-order valence-corrected chi connectivity index (χ1v) is 9.10. The summed E-state index contributed by atoms with van der Waals surface area (Å²) in [5, 5.41) is 0.181. The number of piperazine rings is 1. The lowest BCUT2D eigenvalue weighted by atomic mass is 10.1. The van der Waals surface area contributed by atoms with E-state index >= 15 is 0 Å². The Bertz CT molecular complexity index is 693. The number of hydrogen-bond donors (Lipinski definition) is 0. The number of carbonyl (C=O) groups is 2. The van der Waals surface area contributed by atoms with Crippen molar-refractivity contribution in [2.45, 2.75) is 39.3 Å². The quantitative estimate of drug-likeness (QED) is 0.617. The zero-order valence-corrected chi connectivity index (χ0v) is 16.9. The van der Waals surface area contributed by atoms with Gasteiger partial charge in [0.2, 0.25) is 0 Å². The molecule has 1 aliphatic heterocycles. The smallest absolute Gasteiger partial charge is 0.410 e. The maximum atomic E-state index is 13.7. The fourth-order valence-electron chi connectivity index (χ4n) is 2.59. The largest absolute Gasteiger partial charge is 0.444 e. The molecule has 25 heavy (non-hydrogen) atoms. The highest BCUT2D eigenvalue weighted by Gasteiger charge is 2.33. The molecule has 0 aromatic heterocycles. The molecule has 1 fully saturated rings. The summed E-state index contributed by atoms with van der Waals surface area (Å²) in [4.78, 5) is 28.1. The van der Waals surface area contributed by atoms with Crippen LogP contribution in [0.25, 0.3) is 0 Å². The second-order valence-electron chi connectivity index (χ2n) is 7.02. The first kappa shape index (κ1) is 20.0. The van der Waals surface area contributed by atoms with Crippen molar-refractivity contribution < 1.29 is 18.7 Å². The van der Waals surface area contributed by atoms with Crippen molar-refractivity contribution in [1.82, 2.24) is 9.80 Å². The fourth-order valence-corrected chi connectivity index (χ4v) is 3.31. The van der Waals surface area contributed by atoms with Crippen molar-refractivity contribution in [3.05, 3.63) is 33.0 Å². The monoisotopic (exact) mass is 434 g/mol. The molecular formula is C17H21BrClFN2O3. The second-order valence-corrected chi connectivity index (χ2v) is 8.28. The Morgan fingerprint density at radius 3 is 2.52 bits per heavy atom. The molecule has 5 nitrogen and oxygen atoms in total. The number of hydrogen-bond acceptors (Lipinski definition) is 3. The molecule has 0 aliphatic carbocycles. The molecule has 0 N–H and O–H groups in total. The molecule has 1 saturated heterocycles. The predicted molar refractivity (Wildman–Crippen MR) is 97.4 cm³/mol. The van der Waals surface area contributed by atoms with Crippen molar-refractivity contribution in [3.8, 4) is 0 Å². The Hall–Kier alpha value is -1.34. The minimum Gasteiger partial charge on any atom is -0.444 e. The van der Waals surface area contributed by atoms with Crippen LogP contribution in [0.2, 0.25) is 5.02 Å². The van der Waals surface area contributed by atoms with Crippen LogP contribution >= 0.6 is 27.5 Å². The van der Waals surface area contributed by atoms with Gasteiger partial charge in [0.1, 0.15) is 11.4 Å². The minimum atomic E-state index is -0.577. The van der Waals surface area contributed by atoms with E-state index in [0.717, 1.165) is 6.07 Å². The number of ether oxygens (including phenoxy) is 1. The minimum absolute atomic E-state index is 0.111. The van der Waals surface area contributed by atoms with Crippen LogP contribution in [0.15, 0.2) is 16.6 Å². The van der Waals surface area contributed by atoms with Crippen LogP contribution in [0.5, 0.6) is 0 Å². The Morgan fingerprint density at radius 2 is 1.96 bits per heavy atom. The summed E-state index contributed by atoms with van der Waals surface area (Å²) in [6.07, 6.45) is -0.403. The Kier molecular flexibility index (Phi) is 5.99. The van der Waals surface area contributed by atoms with Gasteiger partial charge < -0.3 is 14.5 Å². The molecule has 1 heterocycles. The van der Waals surface area contributed by atoms with Gasteiger partial charge in [-0.3, -0.25) is 4.79 Å². The number of carbonyl (C=O) groups excluding carboxylic acids is 2. The van der Waals surface area contributed by atoms with E-state index in [0.29, 0.717) is 19.6 Å². The fraction of sp³-hybridized carbons (Fsp3) is 0.529. The van der Waals surface area contributed by atoms with Gasteiger partial charge in [-0.1, -0.05) is 11.6 Å². The van der Waals surface area contributed by atoms with Gasteiger partial charge in [-0.25, -0.2) is 9.18 Å². The molecule has 0 unspecified atom stereocenters. The van der Waals surface area contributed by atoms with Gasteiger partial charge in [0.05, 0.1) is 15.1 Å². The lowest BCUT2D eigenvalue weighted by Gasteiger charge is -2.40. The highest BCUT2D eigenvalue weighted by atomic mass is 79.9. The summed E-state index contributed by atoms with van der Waals surface area (Å²) in [5.41, 5.74) is -0.466. The Labute approximate surface area is 160 Å². The molecule has 0 bridgehead atoms. The average molecular weight is 436 g/mol. The number of amides is 2. The summed E-state index contributed by atoms with van der Waals surface area (Å²) in [6.45, 7) is 8.26. The van der Waals surface area contributed by atoms with E-state index in [2.05, 4.69) is 15.9 Å². The maximum Gasteiger partial charge on any atom is 0.410 e. The van der Waals surface area contributed by atoms with Crippen LogP contribution < -0.4 is 0 Å². The normalized spacial score (nSPS) is 18.3. The van der Waals surface area contributed by atoms with Crippen LogP contribution in [0.4, 0.5) is 9.18 Å². The van der Waals surface area contributed by atoms with Gasteiger partial charge in [0, 0.05) is 25.7 Å². The zero-order valence-electron chi connectivity index (χ0n) is 14.6. The van der Waals surface area contributed by atoms with E-state index in [1.165, 1.54) is 6.07 Å². The van der Waals surface area contributed by atoms with Crippen LogP contribution in [0.3, 0.4) is 0 Å². The first-order valence-electron chi connectivity index (χ1n) is 7.93. The van der Waals surface area contributed by atoms with E-state index in [-0.39, 0.29) is 27.0 Å². The van der Waals surface area contributed by atoms with Crippen LogP contribution in [0, 0.1) is 5.82 Å². The third kappa shape index (κ3) is 4.85. The molecule has 2 amide bonds. The Balaban J connectivity index is 2.09. The summed E-state index contributed by atoms with van der Waals surface area (Å²) in [5.74, 6) is -0.903. The lowest BCUT2D eigenvalue weighted by molar-refractivity contribution is 0.00198. The number of benzene rings is 1. The van der Waals surface area contributed by atoms with E-state index in [9.17, 15) is 14.0 Å². The SMILES string of the molecule is C[C@H]1CN(C(=O)c2cc(F)c(Br)cc2Cl)CCN1C(=O)OC(C)(C)C. The molecule has 2 rings (SSSR count). The van der Waals surface area contributed by atoms with Crippen molar-refractivity contribution in [3.63, 3.8) is 0 Å². The molecule has 0 saturated carbocycles. The first-order chi connectivity index (χ1) is 11.5. The summed E-state index contributed by atoms with van der Waals surface area (Å²) >= 11 is 9.12. The van der Waals surface area contributed by atoms with Crippen molar-refractivity contribution >= 4 is 39.5 Å². The number of rotatable bonds is 1. The van der Waals surface area contributed by atoms with Gasteiger partial charge in [0.25, 0.3) is 5.91 Å². The van der Waals surface area contributed by atoms with E-state index < -0.39 is 17.5 Å². The molecule has 1 aromatic rings.